The first-order chi connectivity index (χ1) is 17.7. The predicted octanol–water partition coefficient (Wildman–Crippen LogP) is 5.80. The summed E-state index contributed by atoms with van der Waals surface area (Å²) in [6, 6.07) is 18.9. The van der Waals surface area contributed by atoms with Crippen molar-refractivity contribution >= 4 is 45.8 Å². The predicted molar refractivity (Wildman–Crippen MR) is 152 cm³/mol. The van der Waals surface area contributed by atoms with E-state index in [2.05, 4.69) is 16.3 Å². The second-order valence-electron chi connectivity index (χ2n) is 8.79. The van der Waals surface area contributed by atoms with E-state index in [1.807, 2.05) is 63.5 Å². The van der Waals surface area contributed by atoms with Crippen LogP contribution in [-0.4, -0.2) is 62.4 Å². The first kappa shape index (κ1) is 30.1. The third kappa shape index (κ3) is 8.75. The molecule has 3 aromatic rings. The van der Waals surface area contributed by atoms with Gasteiger partial charge in [0.15, 0.2) is 0 Å². The molecule has 0 aromatic heterocycles. The Balaban J connectivity index is 0.000000510. The molecule has 0 aliphatic heterocycles. The molecule has 37 heavy (non-hydrogen) atoms. The number of halogens is 2. The lowest BCUT2D eigenvalue weighted by atomic mass is 9.92. The number of rotatable bonds is 9. The summed E-state index contributed by atoms with van der Waals surface area (Å²) in [7, 11) is 5.60. The minimum absolute atomic E-state index is 0.00552. The Morgan fingerprint density at radius 1 is 0.973 bits per heavy atom. The summed E-state index contributed by atoms with van der Waals surface area (Å²) in [4.78, 5) is 29.4. The Morgan fingerprint density at radius 3 is 2.11 bits per heavy atom. The van der Waals surface area contributed by atoms with E-state index in [4.69, 9.17) is 23.2 Å². The highest BCUT2D eigenvalue weighted by atomic mass is 35.5. The lowest BCUT2D eigenvalue weighted by Gasteiger charge is -2.25. The van der Waals surface area contributed by atoms with E-state index in [0.29, 0.717) is 34.1 Å². The zero-order valence-electron chi connectivity index (χ0n) is 21.9. The van der Waals surface area contributed by atoms with Gasteiger partial charge in [-0.25, -0.2) is 0 Å². The van der Waals surface area contributed by atoms with Gasteiger partial charge in [-0.05, 0) is 74.4 Å². The molecule has 0 radical (unpaired) electrons. The maximum Gasteiger partial charge on any atom is 0.255 e. The number of nitrogens with zero attached hydrogens (tertiary/aromatic N) is 3. The van der Waals surface area contributed by atoms with Gasteiger partial charge in [0.2, 0.25) is 5.91 Å². The summed E-state index contributed by atoms with van der Waals surface area (Å²) in [5.41, 5.74) is 1.80. The van der Waals surface area contributed by atoms with E-state index >= 15 is 0 Å². The first-order valence-corrected chi connectivity index (χ1v) is 13.0. The Hall–Kier alpha value is -3.11. The molecule has 0 bridgehead atoms. The zero-order chi connectivity index (χ0) is 27.4. The molecule has 0 saturated carbocycles. The van der Waals surface area contributed by atoms with Crippen molar-refractivity contribution in [2.24, 2.45) is 0 Å². The highest BCUT2D eigenvalue weighted by Crippen LogP contribution is 2.28. The number of fused-ring (bicyclic) bond motifs is 1. The van der Waals surface area contributed by atoms with Gasteiger partial charge in [-0.1, -0.05) is 66.5 Å². The topological polar surface area (TPSA) is 76.4 Å². The van der Waals surface area contributed by atoms with Crippen LogP contribution in [0, 0.1) is 11.3 Å². The maximum absolute atomic E-state index is 13.6. The second kappa shape index (κ2) is 15.2. The van der Waals surface area contributed by atoms with Gasteiger partial charge in [-0.2, -0.15) is 5.26 Å². The standard InChI is InChI=1S/C23H30N4O2.C6H4Cl2/c1-5-19-18(15-24)14-17-10-6-7-11-20(17)22(19)23(29)27(16-21(28)25-2)13-9-8-12-26(3)4;7-5-3-1-2-4-6(5)8/h6-7,10-11,14H,5,8-9,12-13,16H2,1-4H3,(H,25,28);1-4H. The molecule has 8 heteroatoms. The van der Waals surface area contributed by atoms with Crippen LogP contribution >= 0.6 is 23.2 Å². The van der Waals surface area contributed by atoms with Crippen molar-refractivity contribution < 1.29 is 9.59 Å². The SMILES string of the molecule is CCc1c(C#N)cc2ccccc2c1C(=O)N(CCCCN(C)C)CC(=O)NC.Clc1ccccc1Cl. The molecule has 0 aliphatic rings. The van der Waals surface area contributed by atoms with Gasteiger partial charge in [0.1, 0.15) is 0 Å². The Morgan fingerprint density at radius 2 is 1.57 bits per heavy atom. The number of hydrogen-bond donors (Lipinski definition) is 1. The molecule has 3 aromatic carbocycles. The van der Waals surface area contributed by atoms with Crippen molar-refractivity contribution in [1.82, 2.24) is 15.1 Å². The molecule has 6 nitrogen and oxygen atoms in total. The van der Waals surface area contributed by atoms with Crippen LogP contribution < -0.4 is 5.32 Å². The minimum Gasteiger partial charge on any atom is -0.358 e. The lowest BCUT2D eigenvalue weighted by molar-refractivity contribution is -0.121. The third-order valence-corrected chi connectivity index (χ3v) is 6.61. The summed E-state index contributed by atoms with van der Waals surface area (Å²) in [5, 5.41) is 15.1. The van der Waals surface area contributed by atoms with E-state index in [-0.39, 0.29) is 18.4 Å². The van der Waals surface area contributed by atoms with Gasteiger partial charge >= 0.3 is 0 Å². The average molecular weight is 542 g/mol. The van der Waals surface area contributed by atoms with Crippen molar-refractivity contribution in [3.05, 3.63) is 81.3 Å². The summed E-state index contributed by atoms with van der Waals surface area (Å²) < 4.78 is 0. The summed E-state index contributed by atoms with van der Waals surface area (Å²) in [6.07, 6.45) is 2.31. The van der Waals surface area contributed by atoms with Crippen LogP contribution in [0.15, 0.2) is 54.6 Å². The Kier molecular flexibility index (Phi) is 12.4. The highest BCUT2D eigenvalue weighted by molar-refractivity contribution is 6.41. The molecule has 0 heterocycles. The van der Waals surface area contributed by atoms with Crippen LogP contribution in [0.4, 0.5) is 0 Å². The number of carbonyl (C=O) groups is 2. The quantitative estimate of drug-likeness (QED) is 0.348. The molecule has 0 aliphatic carbocycles. The summed E-state index contributed by atoms with van der Waals surface area (Å²) in [5.74, 6) is -0.395. The average Bonchev–Trinajstić information content (AvgIpc) is 2.90. The Labute approximate surface area is 229 Å². The monoisotopic (exact) mass is 540 g/mol. The number of nitrogens with one attached hydrogen (secondary N) is 1. The molecular weight excluding hydrogens is 507 g/mol. The van der Waals surface area contributed by atoms with Crippen LogP contribution in [-0.2, 0) is 11.2 Å². The largest absolute Gasteiger partial charge is 0.358 e. The molecular formula is C29H34Cl2N4O2. The van der Waals surface area contributed by atoms with Crippen molar-refractivity contribution in [1.29, 1.82) is 5.26 Å². The number of unbranched alkanes of at least 4 members (excludes halogenated alkanes) is 1. The third-order valence-electron chi connectivity index (χ3n) is 5.85. The van der Waals surface area contributed by atoms with Crippen molar-refractivity contribution in [2.75, 3.05) is 40.8 Å². The van der Waals surface area contributed by atoms with E-state index in [1.54, 1.807) is 24.1 Å². The van der Waals surface area contributed by atoms with Crippen LogP contribution in [0.2, 0.25) is 10.0 Å². The summed E-state index contributed by atoms with van der Waals surface area (Å²) in [6.45, 7) is 3.37. The smallest absolute Gasteiger partial charge is 0.255 e. The zero-order valence-corrected chi connectivity index (χ0v) is 23.4. The second-order valence-corrected chi connectivity index (χ2v) is 9.60. The Bertz CT molecular complexity index is 1230. The number of benzene rings is 3. The summed E-state index contributed by atoms with van der Waals surface area (Å²) >= 11 is 11.2. The van der Waals surface area contributed by atoms with Gasteiger partial charge in [-0.3, -0.25) is 9.59 Å². The molecule has 0 fully saturated rings. The molecule has 1 N–H and O–H groups in total. The van der Waals surface area contributed by atoms with Crippen LogP contribution in [0.1, 0.15) is 41.3 Å². The van der Waals surface area contributed by atoms with Crippen molar-refractivity contribution in [3.63, 3.8) is 0 Å². The molecule has 2 amide bonds. The van der Waals surface area contributed by atoms with Crippen molar-refractivity contribution in [3.8, 4) is 6.07 Å². The molecule has 0 atom stereocenters. The van der Waals surface area contributed by atoms with Crippen LogP contribution in [0.5, 0.6) is 0 Å². The number of nitriles is 1. The van der Waals surface area contributed by atoms with E-state index in [0.717, 1.165) is 35.7 Å². The number of amides is 2. The van der Waals surface area contributed by atoms with Gasteiger partial charge in [0.25, 0.3) is 5.91 Å². The van der Waals surface area contributed by atoms with Crippen LogP contribution in [0.25, 0.3) is 10.8 Å². The van der Waals surface area contributed by atoms with Gasteiger partial charge in [-0.15, -0.1) is 0 Å². The van der Waals surface area contributed by atoms with Gasteiger partial charge < -0.3 is 15.1 Å². The van der Waals surface area contributed by atoms with Crippen molar-refractivity contribution in [2.45, 2.75) is 26.2 Å². The van der Waals surface area contributed by atoms with E-state index in [1.165, 1.54) is 0 Å². The molecule has 0 spiro atoms. The number of likely N-dealkylation sites (N-methyl/N-ethyl adjacent to an activating group) is 1. The van der Waals surface area contributed by atoms with E-state index < -0.39 is 0 Å². The maximum atomic E-state index is 13.6. The first-order valence-electron chi connectivity index (χ1n) is 12.2. The molecule has 0 unspecified atom stereocenters. The number of carbonyl (C=O) groups excluding carboxylic acids is 2. The van der Waals surface area contributed by atoms with Crippen LogP contribution in [0.3, 0.4) is 0 Å². The normalized spacial score (nSPS) is 10.4. The minimum atomic E-state index is -0.204. The fourth-order valence-electron chi connectivity index (χ4n) is 3.93. The van der Waals surface area contributed by atoms with Gasteiger partial charge in [0, 0.05) is 13.6 Å². The van der Waals surface area contributed by atoms with E-state index in [9.17, 15) is 14.9 Å². The highest BCUT2D eigenvalue weighted by Gasteiger charge is 2.24. The number of hydrogen-bond acceptors (Lipinski definition) is 4. The lowest BCUT2D eigenvalue weighted by Crippen LogP contribution is -2.40. The molecule has 3 rings (SSSR count). The van der Waals surface area contributed by atoms with Gasteiger partial charge in [0.05, 0.1) is 33.8 Å². The fourth-order valence-corrected chi connectivity index (χ4v) is 4.21. The fraction of sp³-hybridized carbons (Fsp3) is 0.345. The molecule has 196 valence electrons. The molecule has 0 saturated heterocycles.